The molecule has 3 aromatic carbocycles. The van der Waals surface area contributed by atoms with Gasteiger partial charge in [0, 0.05) is 0 Å². The Morgan fingerprint density at radius 2 is 0.981 bits per heavy atom. The molecule has 2 unspecified atom stereocenters. The first kappa shape index (κ1) is 39.7. The third-order valence-corrected chi connectivity index (χ3v) is 10.7. The molecule has 0 aromatic heterocycles. The minimum atomic E-state index is -2.11. The average Bonchev–Trinajstić information content (AvgIpc) is 3.19. The molecule has 0 saturated carbocycles. The van der Waals surface area contributed by atoms with Crippen LogP contribution < -0.4 is 17.2 Å². The highest BCUT2D eigenvalue weighted by Crippen LogP contribution is 2.53. The fraction of sp³-hybridized carbons (Fsp3) is 0.514. The van der Waals surface area contributed by atoms with Crippen LogP contribution in [-0.2, 0) is 29.1 Å². The van der Waals surface area contributed by atoms with E-state index in [2.05, 4.69) is 0 Å². The van der Waals surface area contributed by atoms with E-state index in [4.69, 9.17) is 40.9 Å². The Labute approximate surface area is 305 Å². The van der Waals surface area contributed by atoms with E-state index in [1.807, 2.05) is 54.6 Å². The van der Waals surface area contributed by atoms with Crippen LogP contribution in [0.5, 0.6) is 0 Å². The molecule has 0 spiro atoms. The fourth-order valence-electron chi connectivity index (χ4n) is 7.94. The van der Waals surface area contributed by atoms with Crippen LogP contribution in [0.2, 0.25) is 0 Å². The predicted molar refractivity (Wildman–Crippen MR) is 185 cm³/mol. The summed E-state index contributed by atoms with van der Waals surface area (Å²) < 4.78 is 30.0. The standard InChI is InChI=1S/C37H49N3O13/c38-24-27(44)30(22(16-41)49-33(24)48)51-34-25(39)28(45)31(23(17-42)50-34)52-35-26(40)29(46)32(47)36(18-43,53-35)37(19-10-4-1-5-11-19,20-12-6-2-7-13-20)21-14-8-3-9-15-21/h1-15,22-35,41-48H,16-18,38-40H2/t22-,23-,24-,25-,26-,27-,28-,29-,30?,31?,32+,33-,34+,35+,36-/m1/s1. The van der Waals surface area contributed by atoms with Gasteiger partial charge in [-0.1, -0.05) is 91.0 Å². The lowest BCUT2D eigenvalue weighted by Gasteiger charge is -2.58. The number of aliphatic hydroxyl groups excluding tert-OH is 8. The maximum atomic E-state index is 12.1. The van der Waals surface area contributed by atoms with Gasteiger partial charge in [0.25, 0.3) is 0 Å². The van der Waals surface area contributed by atoms with E-state index in [1.165, 1.54) is 0 Å². The van der Waals surface area contributed by atoms with Gasteiger partial charge in [0.15, 0.2) is 18.9 Å². The summed E-state index contributed by atoms with van der Waals surface area (Å²) in [7, 11) is 0. The van der Waals surface area contributed by atoms with Crippen LogP contribution in [-0.4, -0.2) is 152 Å². The van der Waals surface area contributed by atoms with Crippen molar-refractivity contribution in [1.82, 2.24) is 0 Å². The number of benzene rings is 3. The highest BCUT2D eigenvalue weighted by molar-refractivity contribution is 5.55. The summed E-state index contributed by atoms with van der Waals surface area (Å²) >= 11 is 0. The molecule has 14 N–H and O–H groups in total. The van der Waals surface area contributed by atoms with Crippen molar-refractivity contribution < 1.29 is 64.5 Å². The molecule has 0 radical (unpaired) electrons. The van der Waals surface area contributed by atoms with E-state index in [0.29, 0.717) is 16.7 Å². The zero-order valence-electron chi connectivity index (χ0n) is 28.7. The van der Waals surface area contributed by atoms with E-state index in [1.54, 1.807) is 36.4 Å². The van der Waals surface area contributed by atoms with Crippen LogP contribution in [0.25, 0.3) is 0 Å². The molecule has 0 aliphatic carbocycles. The molecular weight excluding hydrogens is 694 g/mol. The number of aliphatic hydroxyl groups is 8. The van der Waals surface area contributed by atoms with Crippen LogP contribution >= 0.6 is 0 Å². The Hall–Kier alpha value is -2.98. The zero-order valence-corrected chi connectivity index (χ0v) is 28.7. The van der Waals surface area contributed by atoms with E-state index >= 15 is 0 Å². The molecule has 15 atom stereocenters. The summed E-state index contributed by atoms with van der Waals surface area (Å²) in [5.74, 6) is 0. The van der Waals surface area contributed by atoms with Gasteiger partial charge in [-0.25, -0.2) is 0 Å². The minimum Gasteiger partial charge on any atom is -0.394 e. The van der Waals surface area contributed by atoms with Gasteiger partial charge in [0.05, 0.1) is 43.4 Å². The molecule has 3 aromatic rings. The van der Waals surface area contributed by atoms with Crippen LogP contribution in [0.3, 0.4) is 0 Å². The van der Waals surface area contributed by atoms with Crippen LogP contribution in [0.15, 0.2) is 91.0 Å². The van der Waals surface area contributed by atoms with Gasteiger partial charge >= 0.3 is 0 Å². The Balaban J connectivity index is 1.37. The van der Waals surface area contributed by atoms with Gasteiger partial charge in [0.1, 0.15) is 54.4 Å². The lowest BCUT2D eigenvalue weighted by molar-refractivity contribution is -0.365. The second-order valence-corrected chi connectivity index (χ2v) is 13.7. The summed E-state index contributed by atoms with van der Waals surface area (Å²) in [6, 6.07) is 22.9. The molecule has 3 heterocycles. The second-order valence-electron chi connectivity index (χ2n) is 13.7. The monoisotopic (exact) mass is 743 g/mol. The van der Waals surface area contributed by atoms with Crippen molar-refractivity contribution in [2.75, 3.05) is 19.8 Å². The number of nitrogens with two attached hydrogens (primary N) is 3. The molecule has 0 amide bonds. The van der Waals surface area contributed by atoms with Gasteiger partial charge in [-0.3, -0.25) is 0 Å². The minimum absolute atomic E-state index is 0.588. The summed E-state index contributed by atoms with van der Waals surface area (Å²) in [5, 5.41) is 87.8. The Bertz CT molecular complexity index is 1500. The largest absolute Gasteiger partial charge is 0.394 e. The van der Waals surface area contributed by atoms with Crippen molar-refractivity contribution in [2.24, 2.45) is 17.2 Å². The van der Waals surface area contributed by atoms with Crippen molar-refractivity contribution >= 4 is 0 Å². The van der Waals surface area contributed by atoms with Crippen molar-refractivity contribution in [3.8, 4) is 0 Å². The molecule has 0 bridgehead atoms. The van der Waals surface area contributed by atoms with Crippen molar-refractivity contribution in [3.63, 3.8) is 0 Å². The zero-order chi connectivity index (χ0) is 38.1. The van der Waals surface area contributed by atoms with Gasteiger partial charge in [-0.2, -0.15) is 0 Å². The molecule has 16 nitrogen and oxygen atoms in total. The first-order valence-corrected chi connectivity index (χ1v) is 17.4. The number of ether oxygens (including phenoxy) is 5. The summed E-state index contributed by atoms with van der Waals surface area (Å²) in [5.41, 5.74) is 16.8. The summed E-state index contributed by atoms with van der Waals surface area (Å²) in [4.78, 5) is 0. The maximum Gasteiger partial charge on any atom is 0.176 e. The van der Waals surface area contributed by atoms with Crippen molar-refractivity contribution in [2.45, 2.75) is 96.8 Å². The van der Waals surface area contributed by atoms with Gasteiger partial charge in [-0.15, -0.1) is 0 Å². The molecule has 53 heavy (non-hydrogen) atoms. The number of rotatable bonds is 11. The van der Waals surface area contributed by atoms with Crippen molar-refractivity contribution in [1.29, 1.82) is 0 Å². The number of hydrogen-bond donors (Lipinski definition) is 11. The molecule has 3 fully saturated rings. The van der Waals surface area contributed by atoms with Crippen LogP contribution in [0, 0.1) is 0 Å². The lowest BCUT2D eigenvalue weighted by Crippen LogP contribution is -2.76. The highest BCUT2D eigenvalue weighted by atomic mass is 16.7. The first-order valence-electron chi connectivity index (χ1n) is 17.4. The molecule has 16 heteroatoms. The normalized spacial score (nSPS) is 39.5. The van der Waals surface area contributed by atoms with E-state index in [9.17, 15) is 40.9 Å². The Morgan fingerprint density at radius 1 is 0.566 bits per heavy atom. The highest BCUT2D eigenvalue weighted by Gasteiger charge is 2.66. The SMILES string of the molecule is N[C@H]1[C@@H](OC2[C@@H](CO)O[C@@H](OC3[C@@H](CO)O[C@@H](O)[C@H](N)[C@H]3O)[C@H](N)[C@H]2O)O[C@@](CO)(C(c2ccccc2)(c2ccccc2)c2ccccc2)[C@@H](O)[C@@H]1O. The molecule has 290 valence electrons. The van der Waals surface area contributed by atoms with Gasteiger partial charge < -0.3 is 81.7 Å². The van der Waals surface area contributed by atoms with Gasteiger partial charge in [0.2, 0.25) is 0 Å². The Morgan fingerprint density at radius 3 is 1.43 bits per heavy atom. The average molecular weight is 744 g/mol. The topological polar surface area (TPSA) is 286 Å². The van der Waals surface area contributed by atoms with E-state index in [0.717, 1.165) is 0 Å². The molecule has 3 aliphatic rings. The van der Waals surface area contributed by atoms with Crippen LogP contribution in [0.1, 0.15) is 16.7 Å². The van der Waals surface area contributed by atoms with E-state index in [-0.39, 0.29) is 0 Å². The third kappa shape index (κ3) is 6.82. The summed E-state index contributed by atoms with van der Waals surface area (Å²) in [6.45, 7) is -2.31. The van der Waals surface area contributed by atoms with Crippen LogP contribution in [0.4, 0.5) is 0 Å². The van der Waals surface area contributed by atoms with Gasteiger partial charge in [-0.05, 0) is 16.7 Å². The number of hydrogen-bond acceptors (Lipinski definition) is 16. The fourth-order valence-corrected chi connectivity index (χ4v) is 7.94. The summed E-state index contributed by atoms with van der Waals surface area (Å²) in [6.07, 6.45) is -17.1. The second kappa shape index (κ2) is 16.4. The smallest absolute Gasteiger partial charge is 0.176 e. The Kier molecular flexibility index (Phi) is 12.3. The predicted octanol–water partition coefficient (Wildman–Crippen LogP) is -3.27. The maximum absolute atomic E-state index is 12.1. The third-order valence-electron chi connectivity index (χ3n) is 10.7. The molecule has 3 saturated heterocycles. The quantitative estimate of drug-likeness (QED) is 0.0860. The lowest BCUT2D eigenvalue weighted by atomic mass is 9.56. The molecule has 6 rings (SSSR count). The van der Waals surface area contributed by atoms with Crippen molar-refractivity contribution in [3.05, 3.63) is 108 Å². The first-order chi connectivity index (χ1) is 25.5. The van der Waals surface area contributed by atoms with E-state index < -0.39 is 117 Å². The molecule has 3 aliphatic heterocycles. The molecular formula is C37H49N3O13.